The van der Waals surface area contributed by atoms with Crippen molar-refractivity contribution in [3.8, 4) is 12.1 Å². The molecule has 23 heavy (non-hydrogen) atoms. The molecule has 1 saturated carbocycles. The third kappa shape index (κ3) is 1.79. The van der Waals surface area contributed by atoms with E-state index < -0.39 is 0 Å². The van der Waals surface area contributed by atoms with Crippen LogP contribution in [0, 0.1) is 28.6 Å². The summed E-state index contributed by atoms with van der Waals surface area (Å²) in [5.41, 5.74) is 4.70. The quantitative estimate of drug-likeness (QED) is 0.777. The maximum atomic E-state index is 9.60. The summed E-state index contributed by atoms with van der Waals surface area (Å²) in [7, 11) is 0. The van der Waals surface area contributed by atoms with E-state index in [1.165, 1.54) is 5.56 Å². The van der Waals surface area contributed by atoms with Crippen LogP contribution in [0.2, 0.25) is 0 Å². The highest BCUT2D eigenvalue weighted by Crippen LogP contribution is 2.67. The van der Waals surface area contributed by atoms with E-state index in [4.69, 9.17) is 0 Å². The first-order valence-electron chi connectivity index (χ1n) is 7.93. The molecule has 2 aliphatic rings. The Balaban J connectivity index is 1.94. The van der Waals surface area contributed by atoms with Crippen molar-refractivity contribution in [3.63, 3.8) is 0 Å². The maximum Gasteiger partial charge on any atom is 0.0998 e. The predicted molar refractivity (Wildman–Crippen MR) is 89.5 cm³/mol. The Bertz CT molecular complexity index is 896. The van der Waals surface area contributed by atoms with Gasteiger partial charge in [-0.3, -0.25) is 0 Å². The van der Waals surface area contributed by atoms with E-state index in [9.17, 15) is 10.5 Å². The first-order valence-corrected chi connectivity index (χ1v) is 7.93. The third-order valence-corrected chi connectivity index (χ3v) is 5.52. The summed E-state index contributed by atoms with van der Waals surface area (Å²) in [5.74, 6) is 0.782. The lowest BCUT2D eigenvalue weighted by Gasteiger charge is -2.30. The molecule has 0 amide bonds. The summed E-state index contributed by atoms with van der Waals surface area (Å²) in [4.78, 5) is 0. The van der Waals surface area contributed by atoms with Crippen molar-refractivity contribution < 1.29 is 0 Å². The molecule has 3 atom stereocenters. The van der Waals surface area contributed by atoms with Gasteiger partial charge in [-0.05, 0) is 47.1 Å². The second-order valence-corrected chi connectivity index (χ2v) is 6.53. The van der Waals surface area contributed by atoms with Crippen LogP contribution in [0.4, 0.5) is 0 Å². The summed E-state index contributed by atoms with van der Waals surface area (Å²) in [5, 5.41) is 19.0. The molecule has 1 fully saturated rings. The lowest BCUT2D eigenvalue weighted by atomic mass is 9.72. The van der Waals surface area contributed by atoms with Gasteiger partial charge in [-0.25, -0.2) is 0 Å². The molecule has 2 aliphatic carbocycles. The number of nitriles is 2. The minimum absolute atomic E-state index is 0.0383. The van der Waals surface area contributed by atoms with Gasteiger partial charge in [0.1, 0.15) is 0 Å². The van der Waals surface area contributed by atoms with E-state index in [0.717, 1.165) is 17.5 Å². The molecule has 2 aromatic rings. The monoisotopic (exact) mass is 296 g/mol. The molecule has 2 nitrogen and oxygen atoms in total. The Morgan fingerprint density at radius 2 is 1.70 bits per heavy atom. The smallest absolute Gasteiger partial charge is 0.0998 e. The Morgan fingerprint density at radius 1 is 1.00 bits per heavy atom. The number of nitrogens with zero attached hydrogens (tertiary/aromatic N) is 2. The van der Waals surface area contributed by atoms with Crippen LogP contribution in [0.3, 0.4) is 0 Å². The molecule has 2 aromatic carbocycles. The van der Waals surface area contributed by atoms with Gasteiger partial charge in [0, 0.05) is 5.41 Å². The molecule has 4 rings (SSSR count). The van der Waals surface area contributed by atoms with Crippen LogP contribution in [-0.2, 0) is 5.41 Å². The van der Waals surface area contributed by atoms with Crippen molar-refractivity contribution in [2.45, 2.75) is 24.7 Å². The Labute approximate surface area is 136 Å². The number of hydrogen-bond donors (Lipinski definition) is 0. The van der Waals surface area contributed by atoms with Crippen LogP contribution in [0.15, 0.2) is 48.5 Å². The van der Waals surface area contributed by atoms with Crippen LogP contribution in [0.1, 0.15) is 47.1 Å². The fourth-order valence-corrected chi connectivity index (χ4v) is 4.28. The fourth-order valence-electron chi connectivity index (χ4n) is 4.28. The molecule has 0 N–H and O–H groups in total. The summed E-state index contributed by atoms with van der Waals surface area (Å²) < 4.78 is 0. The van der Waals surface area contributed by atoms with Crippen LogP contribution in [0.5, 0.6) is 0 Å². The van der Waals surface area contributed by atoms with Gasteiger partial charge in [0.25, 0.3) is 0 Å². The van der Waals surface area contributed by atoms with Gasteiger partial charge in [0.05, 0.1) is 23.3 Å². The number of allylic oxidation sites excluding steroid dienone is 1. The molecular formula is C21H16N2. The normalized spacial score (nSPS) is 27.1. The van der Waals surface area contributed by atoms with E-state index in [2.05, 4.69) is 49.4 Å². The number of rotatable bonds is 1. The van der Waals surface area contributed by atoms with E-state index in [-0.39, 0.29) is 5.41 Å². The van der Waals surface area contributed by atoms with Crippen molar-refractivity contribution >= 4 is 6.08 Å². The second kappa shape index (κ2) is 4.83. The molecule has 0 aromatic heterocycles. The first kappa shape index (κ1) is 13.8. The summed E-state index contributed by atoms with van der Waals surface area (Å²) in [6.45, 7) is 2.22. The standard InChI is InChI=1S/C21H16N2/c1-14-7-10-18-16(12-22)8-9-17(13-23)20(18)21(14)11-19(21)15-5-3-2-4-6-15/h2-10,14,19H,11H2,1H3/t14-,19?,21+/m1/s1. The summed E-state index contributed by atoms with van der Waals surface area (Å²) in [6.07, 6.45) is 5.28. The number of benzene rings is 2. The van der Waals surface area contributed by atoms with Crippen LogP contribution in [0.25, 0.3) is 6.08 Å². The van der Waals surface area contributed by atoms with E-state index in [1.807, 2.05) is 18.2 Å². The molecular weight excluding hydrogens is 280 g/mol. The topological polar surface area (TPSA) is 47.6 Å². The third-order valence-electron chi connectivity index (χ3n) is 5.52. The minimum Gasteiger partial charge on any atom is -0.192 e. The van der Waals surface area contributed by atoms with Crippen molar-refractivity contribution in [2.24, 2.45) is 5.92 Å². The maximum absolute atomic E-state index is 9.60. The van der Waals surface area contributed by atoms with Crippen molar-refractivity contribution in [1.82, 2.24) is 0 Å². The molecule has 1 unspecified atom stereocenters. The molecule has 1 spiro atoms. The molecule has 110 valence electrons. The molecule has 0 radical (unpaired) electrons. The highest BCUT2D eigenvalue weighted by molar-refractivity contribution is 5.72. The Hall–Kier alpha value is -2.84. The van der Waals surface area contributed by atoms with Gasteiger partial charge >= 0.3 is 0 Å². The van der Waals surface area contributed by atoms with Gasteiger partial charge in [0.2, 0.25) is 0 Å². The Kier molecular flexibility index (Phi) is 2.90. The largest absolute Gasteiger partial charge is 0.192 e. The highest BCUT2D eigenvalue weighted by atomic mass is 14.6. The SMILES string of the molecule is C[C@@H]1C=Cc2c(C#N)ccc(C#N)c2[C@@]12CC2c1ccccc1. The highest BCUT2D eigenvalue weighted by Gasteiger charge is 2.60. The van der Waals surface area contributed by atoms with Crippen molar-refractivity contribution in [3.05, 3.63) is 76.4 Å². The zero-order valence-electron chi connectivity index (χ0n) is 13.0. The van der Waals surface area contributed by atoms with Crippen molar-refractivity contribution in [2.75, 3.05) is 0 Å². The van der Waals surface area contributed by atoms with E-state index in [1.54, 1.807) is 6.07 Å². The molecule has 0 aliphatic heterocycles. The van der Waals surface area contributed by atoms with Crippen LogP contribution in [-0.4, -0.2) is 0 Å². The van der Waals surface area contributed by atoms with Crippen molar-refractivity contribution in [1.29, 1.82) is 10.5 Å². The second-order valence-electron chi connectivity index (χ2n) is 6.53. The molecule has 2 heteroatoms. The fraction of sp³-hybridized carbons (Fsp3) is 0.238. The average Bonchev–Trinajstić information content (AvgIpc) is 3.34. The van der Waals surface area contributed by atoms with E-state index in [0.29, 0.717) is 23.0 Å². The lowest BCUT2D eigenvalue weighted by molar-refractivity contribution is 0.508. The zero-order chi connectivity index (χ0) is 16.0. The lowest BCUT2D eigenvalue weighted by Crippen LogP contribution is -2.24. The van der Waals surface area contributed by atoms with Gasteiger partial charge in [-0.2, -0.15) is 10.5 Å². The van der Waals surface area contributed by atoms with E-state index >= 15 is 0 Å². The zero-order valence-corrected chi connectivity index (χ0v) is 13.0. The van der Waals surface area contributed by atoms with Gasteiger partial charge in [0.15, 0.2) is 0 Å². The van der Waals surface area contributed by atoms with Crippen LogP contribution < -0.4 is 0 Å². The minimum atomic E-state index is -0.0383. The molecule has 0 heterocycles. The predicted octanol–water partition coefficient (Wildman–Crippen LogP) is 4.52. The van der Waals surface area contributed by atoms with Gasteiger partial charge in [-0.15, -0.1) is 0 Å². The molecule has 0 saturated heterocycles. The number of fused-ring (bicyclic) bond motifs is 2. The number of hydrogen-bond acceptors (Lipinski definition) is 2. The van der Waals surface area contributed by atoms with Gasteiger partial charge < -0.3 is 0 Å². The summed E-state index contributed by atoms with van der Waals surface area (Å²) >= 11 is 0. The summed E-state index contributed by atoms with van der Waals surface area (Å²) in [6, 6.07) is 18.7. The van der Waals surface area contributed by atoms with Gasteiger partial charge in [-0.1, -0.05) is 49.4 Å². The average molecular weight is 296 g/mol. The molecule has 0 bridgehead atoms. The Morgan fingerprint density at radius 3 is 2.39 bits per heavy atom. The van der Waals surface area contributed by atoms with Crippen LogP contribution >= 0.6 is 0 Å². The first-order chi connectivity index (χ1) is 11.2.